The summed E-state index contributed by atoms with van der Waals surface area (Å²) in [7, 11) is 1.91. The molecule has 0 amide bonds. The molecule has 0 spiro atoms. The standard InChI is InChI=1S/C16H19F2N3O/c1-20(4-5-21-6-8-22-9-7-21)15-2-3-19-14-11-12(17)10-13(18)16(14)15/h2-3,10-11H,4-9H2,1H3. The fourth-order valence-corrected chi connectivity index (χ4v) is 2.74. The van der Waals surface area contributed by atoms with Crippen LogP contribution < -0.4 is 4.90 Å². The zero-order valence-corrected chi connectivity index (χ0v) is 12.6. The molecule has 2 heterocycles. The van der Waals surface area contributed by atoms with E-state index in [2.05, 4.69) is 9.88 Å². The Labute approximate surface area is 128 Å². The highest BCUT2D eigenvalue weighted by atomic mass is 19.1. The first kappa shape index (κ1) is 15.1. The average Bonchev–Trinajstić information content (AvgIpc) is 2.52. The van der Waals surface area contributed by atoms with Gasteiger partial charge in [0.25, 0.3) is 0 Å². The number of aromatic nitrogens is 1. The molecule has 1 aromatic carbocycles. The van der Waals surface area contributed by atoms with Gasteiger partial charge in [0.15, 0.2) is 0 Å². The number of benzene rings is 1. The van der Waals surface area contributed by atoms with E-state index in [0.29, 0.717) is 10.9 Å². The van der Waals surface area contributed by atoms with E-state index in [1.807, 2.05) is 11.9 Å². The van der Waals surface area contributed by atoms with E-state index in [0.717, 1.165) is 51.1 Å². The maximum atomic E-state index is 14.1. The van der Waals surface area contributed by atoms with Gasteiger partial charge in [-0.3, -0.25) is 9.88 Å². The summed E-state index contributed by atoms with van der Waals surface area (Å²) in [6, 6.07) is 3.93. The molecule has 2 aromatic rings. The van der Waals surface area contributed by atoms with Crippen molar-refractivity contribution in [3.8, 4) is 0 Å². The highest BCUT2D eigenvalue weighted by molar-refractivity contribution is 5.92. The van der Waals surface area contributed by atoms with Crippen molar-refractivity contribution in [2.75, 3.05) is 51.3 Å². The third-order valence-electron chi connectivity index (χ3n) is 4.00. The molecular weight excluding hydrogens is 288 g/mol. The Hall–Kier alpha value is -1.79. The van der Waals surface area contributed by atoms with E-state index >= 15 is 0 Å². The Morgan fingerprint density at radius 3 is 2.82 bits per heavy atom. The van der Waals surface area contributed by atoms with Crippen LogP contribution in [0.15, 0.2) is 24.4 Å². The van der Waals surface area contributed by atoms with Gasteiger partial charge in [0, 0.05) is 51.6 Å². The van der Waals surface area contributed by atoms with Gasteiger partial charge in [-0.15, -0.1) is 0 Å². The highest BCUT2D eigenvalue weighted by Crippen LogP contribution is 2.27. The highest BCUT2D eigenvalue weighted by Gasteiger charge is 2.15. The largest absolute Gasteiger partial charge is 0.379 e. The molecule has 4 nitrogen and oxygen atoms in total. The van der Waals surface area contributed by atoms with Crippen molar-refractivity contribution in [2.45, 2.75) is 0 Å². The van der Waals surface area contributed by atoms with E-state index in [1.165, 1.54) is 6.07 Å². The quantitative estimate of drug-likeness (QED) is 0.866. The topological polar surface area (TPSA) is 28.6 Å². The Morgan fingerprint density at radius 2 is 2.05 bits per heavy atom. The number of hydrogen-bond acceptors (Lipinski definition) is 4. The molecule has 1 aromatic heterocycles. The van der Waals surface area contributed by atoms with Gasteiger partial charge >= 0.3 is 0 Å². The van der Waals surface area contributed by atoms with Crippen LogP contribution in [0.1, 0.15) is 0 Å². The molecule has 0 aliphatic carbocycles. The second-order valence-corrected chi connectivity index (χ2v) is 5.49. The molecule has 3 rings (SSSR count). The van der Waals surface area contributed by atoms with Crippen LogP contribution in [0.25, 0.3) is 10.9 Å². The second kappa shape index (κ2) is 6.54. The Bertz CT molecular complexity index is 659. The number of fused-ring (bicyclic) bond motifs is 1. The molecule has 1 saturated heterocycles. The minimum absolute atomic E-state index is 0.341. The van der Waals surface area contributed by atoms with E-state index in [1.54, 1.807) is 12.3 Å². The average molecular weight is 307 g/mol. The lowest BCUT2D eigenvalue weighted by Crippen LogP contribution is -2.40. The number of morpholine rings is 1. The summed E-state index contributed by atoms with van der Waals surface area (Å²) in [5.41, 5.74) is 1.07. The van der Waals surface area contributed by atoms with Crippen LogP contribution in [0.4, 0.5) is 14.5 Å². The SMILES string of the molecule is CN(CCN1CCOCC1)c1ccnc2cc(F)cc(F)c12. The van der Waals surface area contributed by atoms with Gasteiger partial charge in [-0.25, -0.2) is 8.78 Å². The van der Waals surface area contributed by atoms with Gasteiger partial charge in [0.05, 0.1) is 29.8 Å². The molecule has 1 fully saturated rings. The first-order valence-electron chi connectivity index (χ1n) is 7.40. The van der Waals surface area contributed by atoms with E-state index in [-0.39, 0.29) is 0 Å². The van der Waals surface area contributed by atoms with Gasteiger partial charge in [-0.1, -0.05) is 0 Å². The second-order valence-electron chi connectivity index (χ2n) is 5.49. The van der Waals surface area contributed by atoms with Crippen LogP contribution in [-0.4, -0.2) is 56.3 Å². The summed E-state index contributed by atoms with van der Waals surface area (Å²) in [5.74, 6) is -1.18. The minimum atomic E-state index is -0.606. The molecule has 0 unspecified atom stereocenters. The van der Waals surface area contributed by atoms with Crippen molar-refractivity contribution in [3.05, 3.63) is 36.0 Å². The van der Waals surface area contributed by atoms with Crippen molar-refractivity contribution in [3.63, 3.8) is 0 Å². The number of anilines is 1. The summed E-state index contributed by atoms with van der Waals surface area (Å²) in [4.78, 5) is 8.37. The van der Waals surface area contributed by atoms with Crippen LogP contribution >= 0.6 is 0 Å². The lowest BCUT2D eigenvalue weighted by Gasteiger charge is -2.29. The van der Waals surface area contributed by atoms with Crippen LogP contribution in [0.2, 0.25) is 0 Å². The van der Waals surface area contributed by atoms with Crippen molar-refractivity contribution in [1.82, 2.24) is 9.88 Å². The number of ether oxygens (including phenoxy) is 1. The summed E-state index contributed by atoms with van der Waals surface area (Å²) >= 11 is 0. The Morgan fingerprint density at radius 1 is 1.27 bits per heavy atom. The Kier molecular flexibility index (Phi) is 4.49. The third kappa shape index (κ3) is 3.18. The van der Waals surface area contributed by atoms with Crippen molar-refractivity contribution in [2.24, 2.45) is 0 Å². The fourth-order valence-electron chi connectivity index (χ4n) is 2.74. The monoisotopic (exact) mass is 307 g/mol. The van der Waals surface area contributed by atoms with Gasteiger partial charge in [-0.05, 0) is 6.07 Å². The number of rotatable bonds is 4. The number of hydrogen-bond donors (Lipinski definition) is 0. The molecule has 1 aliphatic heterocycles. The van der Waals surface area contributed by atoms with E-state index in [9.17, 15) is 8.78 Å². The third-order valence-corrected chi connectivity index (χ3v) is 4.00. The fraction of sp³-hybridized carbons (Fsp3) is 0.438. The number of pyridine rings is 1. The summed E-state index contributed by atoms with van der Waals surface area (Å²) in [5, 5.41) is 0.369. The molecular formula is C16H19F2N3O. The van der Waals surface area contributed by atoms with Crippen LogP contribution in [0, 0.1) is 11.6 Å². The molecule has 22 heavy (non-hydrogen) atoms. The number of halogens is 2. The molecule has 6 heteroatoms. The number of likely N-dealkylation sites (N-methyl/N-ethyl adjacent to an activating group) is 1. The predicted octanol–water partition coefficient (Wildman–Crippen LogP) is 2.28. The zero-order chi connectivity index (χ0) is 15.5. The van der Waals surface area contributed by atoms with Crippen molar-refractivity contribution >= 4 is 16.6 Å². The predicted molar refractivity (Wildman–Crippen MR) is 82.2 cm³/mol. The maximum absolute atomic E-state index is 14.1. The lowest BCUT2D eigenvalue weighted by molar-refractivity contribution is 0.0393. The van der Waals surface area contributed by atoms with E-state index in [4.69, 9.17) is 4.74 Å². The molecule has 0 radical (unpaired) electrons. The van der Waals surface area contributed by atoms with Crippen molar-refractivity contribution < 1.29 is 13.5 Å². The van der Waals surface area contributed by atoms with E-state index < -0.39 is 11.6 Å². The maximum Gasteiger partial charge on any atom is 0.137 e. The molecule has 0 atom stereocenters. The summed E-state index contributed by atoms with van der Waals surface area (Å²) in [6.07, 6.45) is 1.59. The molecule has 118 valence electrons. The lowest BCUT2D eigenvalue weighted by atomic mass is 10.1. The molecule has 0 bridgehead atoms. The Balaban J connectivity index is 1.79. The van der Waals surface area contributed by atoms with Crippen LogP contribution in [0.3, 0.4) is 0 Å². The smallest absolute Gasteiger partial charge is 0.137 e. The summed E-state index contributed by atoms with van der Waals surface area (Å²) < 4.78 is 32.8. The molecule has 0 N–H and O–H groups in total. The van der Waals surface area contributed by atoms with Gasteiger partial charge in [0.2, 0.25) is 0 Å². The molecule has 1 aliphatic rings. The normalized spacial score (nSPS) is 16.1. The van der Waals surface area contributed by atoms with Crippen LogP contribution in [-0.2, 0) is 4.74 Å². The minimum Gasteiger partial charge on any atom is -0.379 e. The van der Waals surface area contributed by atoms with Gasteiger partial charge in [0.1, 0.15) is 11.6 Å². The first-order valence-corrected chi connectivity index (χ1v) is 7.40. The van der Waals surface area contributed by atoms with Gasteiger partial charge < -0.3 is 9.64 Å². The van der Waals surface area contributed by atoms with Crippen molar-refractivity contribution in [1.29, 1.82) is 0 Å². The van der Waals surface area contributed by atoms with Crippen LogP contribution in [0.5, 0.6) is 0 Å². The first-order chi connectivity index (χ1) is 10.6. The molecule has 0 saturated carbocycles. The van der Waals surface area contributed by atoms with Gasteiger partial charge in [-0.2, -0.15) is 0 Å². The number of nitrogens with zero attached hydrogens (tertiary/aromatic N) is 3. The summed E-state index contributed by atoms with van der Waals surface area (Å²) in [6.45, 7) is 5.00. The zero-order valence-electron chi connectivity index (χ0n) is 12.6.